The smallest absolute Gasteiger partial charge is 0.0732 e. The zero-order valence-corrected chi connectivity index (χ0v) is 6.27. The number of benzene rings is 1. The number of ether oxygens (including phenoxy) is 1. The first-order chi connectivity index (χ1) is 4.84. The van der Waals surface area contributed by atoms with Gasteiger partial charge >= 0.3 is 0 Å². The number of hydrogen-bond acceptors (Lipinski definition) is 1. The first-order valence-electron chi connectivity index (χ1n) is 2.95. The van der Waals surface area contributed by atoms with Crippen LogP contribution in [0.1, 0.15) is 5.56 Å². The summed E-state index contributed by atoms with van der Waals surface area (Å²) in [6.07, 6.45) is 0. The third-order valence-electron chi connectivity index (χ3n) is 1.22. The predicted octanol–water partition coefficient (Wildman–Crippen LogP) is 2.65. The molecule has 1 nitrogen and oxygen atoms in total. The summed E-state index contributed by atoms with van der Waals surface area (Å²) in [4.78, 5) is 0. The van der Waals surface area contributed by atoms with Gasteiger partial charge in [0.25, 0.3) is 0 Å². The van der Waals surface area contributed by atoms with Crippen LogP contribution in [0.2, 0.25) is 5.02 Å². The van der Waals surface area contributed by atoms with Crippen molar-refractivity contribution in [3.8, 4) is 0 Å². The van der Waals surface area contributed by atoms with Gasteiger partial charge in [-0.1, -0.05) is 29.8 Å². The molecule has 0 atom stereocenters. The molecule has 10 heavy (non-hydrogen) atoms. The van der Waals surface area contributed by atoms with Crippen LogP contribution >= 0.6 is 11.6 Å². The molecule has 0 spiro atoms. The molecule has 1 radical (unpaired) electrons. The van der Waals surface area contributed by atoms with Gasteiger partial charge in [-0.25, -0.2) is 0 Å². The lowest BCUT2D eigenvalue weighted by atomic mass is 10.2. The summed E-state index contributed by atoms with van der Waals surface area (Å²) in [5.74, 6) is 0. The molecule has 1 aromatic rings. The van der Waals surface area contributed by atoms with Gasteiger partial charge in [-0.3, -0.25) is 0 Å². The first-order valence-corrected chi connectivity index (χ1v) is 3.33. The van der Waals surface area contributed by atoms with Crippen LogP contribution in [0.3, 0.4) is 0 Å². The molecule has 0 aromatic heterocycles. The van der Waals surface area contributed by atoms with E-state index in [1.165, 1.54) is 0 Å². The van der Waals surface area contributed by atoms with Gasteiger partial charge < -0.3 is 4.74 Å². The molecule has 0 amide bonds. The van der Waals surface area contributed by atoms with Gasteiger partial charge in [-0.2, -0.15) is 0 Å². The Hall–Kier alpha value is -0.530. The summed E-state index contributed by atoms with van der Waals surface area (Å²) in [5, 5.41) is 0.728. The molecule has 0 unspecified atom stereocenters. The molecular weight excluding hydrogens is 148 g/mol. The Morgan fingerprint density at radius 2 is 2.10 bits per heavy atom. The lowest BCUT2D eigenvalue weighted by Crippen LogP contribution is -1.85. The fraction of sp³-hybridized carbons (Fsp3) is 0.125. The average molecular weight is 156 g/mol. The summed E-state index contributed by atoms with van der Waals surface area (Å²) in [6.45, 7) is 0.472. The lowest BCUT2D eigenvalue weighted by molar-refractivity contribution is 0.229. The van der Waals surface area contributed by atoms with Crippen molar-refractivity contribution in [2.75, 3.05) is 0 Å². The van der Waals surface area contributed by atoms with Crippen LogP contribution in [0.15, 0.2) is 24.3 Å². The van der Waals surface area contributed by atoms with E-state index >= 15 is 0 Å². The molecular formula is C8H8ClO. The fourth-order valence-electron chi connectivity index (χ4n) is 0.725. The Morgan fingerprint density at radius 3 is 2.70 bits per heavy atom. The second kappa shape index (κ2) is 3.59. The number of halogens is 1. The van der Waals surface area contributed by atoms with Crippen molar-refractivity contribution in [3.63, 3.8) is 0 Å². The van der Waals surface area contributed by atoms with Crippen LogP contribution in [0.5, 0.6) is 0 Å². The molecule has 1 rings (SSSR count). The largest absolute Gasteiger partial charge is 0.374 e. The van der Waals surface area contributed by atoms with Crippen LogP contribution in [0.25, 0.3) is 0 Å². The zero-order chi connectivity index (χ0) is 7.40. The third-order valence-corrected chi connectivity index (χ3v) is 1.58. The highest BCUT2D eigenvalue weighted by Crippen LogP contribution is 2.14. The van der Waals surface area contributed by atoms with Crippen molar-refractivity contribution in [1.29, 1.82) is 0 Å². The minimum Gasteiger partial charge on any atom is -0.374 e. The van der Waals surface area contributed by atoms with E-state index in [0.717, 1.165) is 10.6 Å². The van der Waals surface area contributed by atoms with E-state index in [9.17, 15) is 0 Å². The molecule has 0 aliphatic carbocycles. The van der Waals surface area contributed by atoms with Gasteiger partial charge in [0.15, 0.2) is 0 Å². The summed E-state index contributed by atoms with van der Waals surface area (Å²) >= 11 is 5.80. The molecule has 0 aliphatic heterocycles. The van der Waals surface area contributed by atoms with Gasteiger partial charge in [-0.05, 0) is 11.6 Å². The normalized spacial score (nSPS) is 9.80. The highest BCUT2D eigenvalue weighted by molar-refractivity contribution is 6.31. The highest BCUT2D eigenvalue weighted by Gasteiger charge is 1.95. The maximum absolute atomic E-state index is 5.80. The Labute approximate surface area is 65.6 Å². The van der Waals surface area contributed by atoms with Gasteiger partial charge in [0.2, 0.25) is 0 Å². The Kier molecular flexibility index (Phi) is 2.72. The van der Waals surface area contributed by atoms with Crippen LogP contribution in [0.4, 0.5) is 0 Å². The second-order valence-corrected chi connectivity index (χ2v) is 2.35. The maximum Gasteiger partial charge on any atom is 0.0732 e. The molecule has 0 saturated carbocycles. The highest BCUT2D eigenvalue weighted by atomic mass is 35.5. The van der Waals surface area contributed by atoms with Gasteiger partial charge in [0.1, 0.15) is 0 Å². The van der Waals surface area contributed by atoms with Crippen molar-refractivity contribution < 1.29 is 4.74 Å². The first kappa shape index (κ1) is 7.58. The Morgan fingerprint density at radius 1 is 1.40 bits per heavy atom. The van der Waals surface area contributed by atoms with Crippen LogP contribution in [-0.2, 0) is 11.3 Å². The Bertz CT molecular complexity index is 210. The average Bonchev–Trinajstić information content (AvgIpc) is 1.94. The van der Waals surface area contributed by atoms with Crippen molar-refractivity contribution in [2.45, 2.75) is 6.61 Å². The van der Waals surface area contributed by atoms with Crippen LogP contribution in [0, 0.1) is 7.11 Å². The molecule has 0 fully saturated rings. The van der Waals surface area contributed by atoms with Gasteiger partial charge in [0.05, 0.1) is 13.7 Å². The molecule has 0 bridgehead atoms. The summed E-state index contributed by atoms with van der Waals surface area (Å²) in [5.41, 5.74) is 0.971. The summed E-state index contributed by atoms with van der Waals surface area (Å²) in [7, 11) is 3.26. The number of rotatable bonds is 2. The molecule has 0 aliphatic rings. The number of hydrogen-bond donors (Lipinski definition) is 0. The maximum atomic E-state index is 5.80. The second-order valence-electron chi connectivity index (χ2n) is 1.94. The summed E-state index contributed by atoms with van der Waals surface area (Å²) < 4.78 is 4.67. The van der Waals surface area contributed by atoms with E-state index in [1.807, 2.05) is 24.3 Å². The molecule has 0 N–H and O–H groups in total. The summed E-state index contributed by atoms with van der Waals surface area (Å²) in [6, 6.07) is 7.54. The van der Waals surface area contributed by atoms with Crippen LogP contribution in [-0.4, -0.2) is 0 Å². The molecule has 0 saturated heterocycles. The van der Waals surface area contributed by atoms with Crippen molar-refractivity contribution in [1.82, 2.24) is 0 Å². The molecule has 0 heterocycles. The van der Waals surface area contributed by atoms with Gasteiger partial charge in [-0.15, -0.1) is 0 Å². The standard InChI is InChI=1S/C8H8ClO/c1-10-6-7-4-2-3-5-8(7)9/h2-5H,1,6H2. The lowest BCUT2D eigenvalue weighted by Gasteiger charge is -1.99. The van der Waals surface area contributed by atoms with E-state index in [0.29, 0.717) is 6.61 Å². The molecule has 1 aromatic carbocycles. The quantitative estimate of drug-likeness (QED) is 0.638. The fourth-order valence-corrected chi connectivity index (χ4v) is 0.916. The van der Waals surface area contributed by atoms with E-state index in [2.05, 4.69) is 11.8 Å². The van der Waals surface area contributed by atoms with Crippen molar-refractivity contribution in [2.24, 2.45) is 0 Å². The minimum atomic E-state index is 0.472. The predicted molar refractivity (Wildman–Crippen MR) is 41.6 cm³/mol. The minimum absolute atomic E-state index is 0.472. The van der Waals surface area contributed by atoms with E-state index in [4.69, 9.17) is 11.6 Å². The third kappa shape index (κ3) is 1.72. The monoisotopic (exact) mass is 155 g/mol. The van der Waals surface area contributed by atoms with E-state index < -0.39 is 0 Å². The molecule has 53 valence electrons. The van der Waals surface area contributed by atoms with Crippen molar-refractivity contribution in [3.05, 3.63) is 42.0 Å². The van der Waals surface area contributed by atoms with E-state index in [1.54, 1.807) is 0 Å². The zero-order valence-electron chi connectivity index (χ0n) is 5.51. The topological polar surface area (TPSA) is 9.23 Å². The SMILES string of the molecule is [CH2]OCc1ccccc1Cl. The van der Waals surface area contributed by atoms with E-state index in [-0.39, 0.29) is 0 Å². The van der Waals surface area contributed by atoms with Gasteiger partial charge in [0, 0.05) is 5.02 Å². The van der Waals surface area contributed by atoms with Crippen molar-refractivity contribution >= 4 is 11.6 Å². The Balaban J connectivity index is 2.81. The molecule has 2 heteroatoms. The van der Waals surface area contributed by atoms with Crippen LogP contribution < -0.4 is 0 Å².